The molecule has 0 fully saturated rings. The number of para-hydroxylation sites is 1. The Bertz CT molecular complexity index is 1110. The Morgan fingerprint density at radius 1 is 0.781 bits per heavy atom. The number of carbonyl (C=O) groups is 2. The van der Waals surface area contributed by atoms with Gasteiger partial charge in [0.2, 0.25) is 5.91 Å². The van der Waals surface area contributed by atoms with Crippen LogP contribution in [-0.4, -0.2) is 26.0 Å². The second-order valence-electron chi connectivity index (χ2n) is 6.88. The van der Waals surface area contributed by atoms with Gasteiger partial charge in [-0.3, -0.25) is 9.59 Å². The highest BCUT2D eigenvalue weighted by molar-refractivity contribution is 6.08. The molecule has 0 aliphatic carbocycles. The van der Waals surface area contributed by atoms with Crippen LogP contribution in [-0.2, 0) is 9.59 Å². The van der Waals surface area contributed by atoms with E-state index >= 15 is 0 Å². The molecule has 3 N–H and O–H groups in total. The number of carbonyl (C=O) groups excluding carboxylic acids is 2. The predicted octanol–water partition coefficient (Wildman–Crippen LogP) is 4.56. The number of rotatable bonds is 8. The zero-order valence-corrected chi connectivity index (χ0v) is 18.1. The Morgan fingerprint density at radius 2 is 1.41 bits per heavy atom. The monoisotopic (exact) mass is 431 g/mol. The van der Waals surface area contributed by atoms with Gasteiger partial charge < -0.3 is 25.4 Å². The van der Waals surface area contributed by atoms with Crippen molar-refractivity contribution in [2.24, 2.45) is 0 Å². The number of hydrogen-bond acceptors (Lipinski definition) is 5. The van der Waals surface area contributed by atoms with Crippen LogP contribution in [0.4, 0.5) is 17.1 Å². The maximum Gasteiger partial charge on any atom is 0.272 e. The van der Waals surface area contributed by atoms with E-state index < -0.39 is 5.91 Å². The first-order valence-corrected chi connectivity index (χ1v) is 9.93. The Balaban J connectivity index is 1.76. The summed E-state index contributed by atoms with van der Waals surface area (Å²) in [5.41, 5.74) is 3.23. The van der Waals surface area contributed by atoms with Gasteiger partial charge in [-0.15, -0.1) is 0 Å². The lowest BCUT2D eigenvalue weighted by atomic mass is 10.1. The molecule has 2 amide bonds. The molecule has 0 saturated carbocycles. The topological polar surface area (TPSA) is 88.7 Å². The van der Waals surface area contributed by atoms with Crippen LogP contribution in [0, 0.1) is 0 Å². The molecule has 0 aliphatic heterocycles. The van der Waals surface area contributed by atoms with Crippen molar-refractivity contribution < 1.29 is 19.1 Å². The molecule has 0 aliphatic rings. The lowest BCUT2D eigenvalue weighted by molar-refractivity contribution is -0.120. The highest BCUT2D eigenvalue weighted by Gasteiger charge is 2.13. The zero-order chi connectivity index (χ0) is 22.9. The van der Waals surface area contributed by atoms with Gasteiger partial charge in [0, 0.05) is 24.0 Å². The highest BCUT2D eigenvalue weighted by atomic mass is 16.5. The minimum Gasteiger partial charge on any atom is -0.493 e. The summed E-state index contributed by atoms with van der Waals surface area (Å²) in [6.07, 6.45) is 1.57. The van der Waals surface area contributed by atoms with Crippen molar-refractivity contribution >= 4 is 35.0 Å². The molecule has 0 radical (unpaired) electrons. The molecule has 0 bridgehead atoms. The summed E-state index contributed by atoms with van der Waals surface area (Å²) in [7, 11) is 3.08. The molecule has 32 heavy (non-hydrogen) atoms. The molecule has 0 saturated heterocycles. The average Bonchev–Trinajstić information content (AvgIpc) is 2.80. The number of nitrogens with one attached hydrogen (secondary N) is 3. The second kappa shape index (κ2) is 10.7. The molecule has 7 heteroatoms. The number of anilines is 3. The fourth-order valence-electron chi connectivity index (χ4n) is 2.98. The van der Waals surface area contributed by atoms with Gasteiger partial charge in [-0.2, -0.15) is 0 Å². The summed E-state index contributed by atoms with van der Waals surface area (Å²) in [6.45, 7) is 1.35. The van der Waals surface area contributed by atoms with E-state index in [1.165, 1.54) is 14.0 Å². The van der Waals surface area contributed by atoms with Crippen molar-refractivity contribution in [2.45, 2.75) is 6.92 Å². The molecule has 0 aromatic heterocycles. The van der Waals surface area contributed by atoms with Crippen molar-refractivity contribution in [1.29, 1.82) is 0 Å². The van der Waals surface area contributed by atoms with Gasteiger partial charge >= 0.3 is 0 Å². The lowest BCUT2D eigenvalue weighted by Gasteiger charge is -2.12. The minimum absolute atomic E-state index is 0.108. The Labute approximate surface area is 187 Å². The van der Waals surface area contributed by atoms with Crippen molar-refractivity contribution in [2.75, 3.05) is 24.9 Å². The van der Waals surface area contributed by atoms with Gasteiger partial charge in [0.15, 0.2) is 11.5 Å². The molecular formula is C25H25N3O4. The van der Waals surface area contributed by atoms with E-state index in [4.69, 9.17) is 9.47 Å². The Morgan fingerprint density at radius 3 is 2.03 bits per heavy atom. The van der Waals surface area contributed by atoms with Gasteiger partial charge in [0.25, 0.3) is 5.91 Å². The van der Waals surface area contributed by atoms with Crippen LogP contribution >= 0.6 is 0 Å². The molecule has 0 spiro atoms. The van der Waals surface area contributed by atoms with Crippen LogP contribution in [0.15, 0.2) is 78.5 Å². The summed E-state index contributed by atoms with van der Waals surface area (Å²) in [6, 6.07) is 22.3. The molecule has 3 aromatic rings. The zero-order valence-electron chi connectivity index (χ0n) is 18.1. The normalized spacial score (nSPS) is 10.8. The molecule has 164 valence electrons. The number of amides is 2. The van der Waals surface area contributed by atoms with Crippen molar-refractivity contribution in [3.05, 3.63) is 84.1 Å². The first-order valence-electron chi connectivity index (χ1n) is 9.93. The standard InChI is InChI=1S/C25H25N3O4/c1-17(29)26-22(15-18-9-14-23(31-2)24(16-18)32-3)25(30)28-21-12-10-20(11-13-21)27-19-7-5-4-6-8-19/h4-16,27H,1-3H3,(H,26,29)(H,28,30)/b22-15+. The van der Waals surface area contributed by atoms with Crippen molar-refractivity contribution in [1.82, 2.24) is 5.32 Å². The number of ether oxygens (including phenoxy) is 2. The largest absolute Gasteiger partial charge is 0.493 e. The van der Waals surface area contributed by atoms with E-state index in [1.807, 2.05) is 42.5 Å². The van der Waals surface area contributed by atoms with Crippen LogP contribution in [0.1, 0.15) is 12.5 Å². The van der Waals surface area contributed by atoms with Crippen LogP contribution in [0.2, 0.25) is 0 Å². The molecule has 3 rings (SSSR count). The number of methoxy groups -OCH3 is 2. The first kappa shape index (κ1) is 22.4. The van der Waals surface area contributed by atoms with Crippen LogP contribution < -0.4 is 25.4 Å². The predicted molar refractivity (Wildman–Crippen MR) is 126 cm³/mol. The van der Waals surface area contributed by atoms with E-state index in [2.05, 4.69) is 16.0 Å². The van der Waals surface area contributed by atoms with Crippen LogP contribution in [0.3, 0.4) is 0 Å². The van der Waals surface area contributed by atoms with E-state index in [0.29, 0.717) is 22.7 Å². The fourth-order valence-corrected chi connectivity index (χ4v) is 2.98. The van der Waals surface area contributed by atoms with Gasteiger partial charge in [0.05, 0.1) is 14.2 Å². The summed E-state index contributed by atoms with van der Waals surface area (Å²) < 4.78 is 10.5. The number of benzene rings is 3. The molecular weight excluding hydrogens is 406 g/mol. The molecule has 3 aromatic carbocycles. The summed E-state index contributed by atoms with van der Waals surface area (Å²) >= 11 is 0. The minimum atomic E-state index is -0.446. The fraction of sp³-hybridized carbons (Fsp3) is 0.120. The van der Waals surface area contributed by atoms with E-state index in [-0.39, 0.29) is 11.6 Å². The maximum absolute atomic E-state index is 12.8. The van der Waals surface area contributed by atoms with Crippen molar-refractivity contribution in [3.63, 3.8) is 0 Å². The van der Waals surface area contributed by atoms with E-state index in [9.17, 15) is 9.59 Å². The second-order valence-corrected chi connectivity index (χ2v) is 6.88. The highest BCUT2D eigenvalue weighted by Crippen LogP contribution is 2.28. The van der Waals surface area contributed by atoms with Gasteiger partial charge in [-0.25, -0.2) is 0 Å². The lowest BCUT2D eigenvalue weighted by Crippen LogP contribution is -2.28. The van der Waals surface area contributed by atoms with Crippen LogP contribution in [0.5, 0.6) is 11.5 Å². The third-order valence-corrected chi connectivity index (χ3v) is 4.48. The SMILES string of the molecule is COc1ccc(/C=C(/NC(C)=O)C(=O)Nc2ccc(Nc3ccccc3)cc2)cc1OC. The van der Waals surface area contributed by atoms with Gasteiger partial charge in [-0.05, 0) is 60.2 Å². The Hall–Kier alpha value is -4.26. The van der Waals surface area contributed by atoms with Gasteiger partial charge in [0.1, 0.15) is 5.70 Å². The molecule has 7 nitrogen and oxygen atoms in total. The third kappa shape index (κ3) is 6.12. The molecule has 0 heterocycles. The molecule has 0 unspecified atom stereocenters. The van der Waals surface area contributed by atoms with E-state index in [1.54, 1.807) is 43.5 Å². The summed E-state index contributed by atoms with van der Waals surface area (Å²) in [5.74, 6) is 0.290. The summed E-state index contributed by atoms with van der Waals surface area (Å²) in [4.78, 5) is 24.5. The quantitative estimate of drug-likeness (QED) is 0.455. The smallest absolute Gasteiger partial charge is 0.272 e. The van der Waals surface area contributed by atoms with Gasteiger partial charge in [-0.1, -0.05) is 24.3 Å². The van der Waals surface area contributed by atoms with Crippen molar-refractivity contribution in [3.8, 4) is 11.5 Å². The molecule has 0 atom stereocenters. The summed E-state index contributed by atoms with van der Waals surface area (Å²) in [5, 5.41) is 8.67. The maximum atomic E-state index is 12.8. The number of hydrogen-bond donors (Lipinski definition) is 3. The third-order valence-electron chi connectivity index (χ3n) is 4.48. The van der Waals surface area contributed by atoms with Crippen LogP contribution in [0.25, 0.3) is 6.08 Å². The first-order chi connectivity index (χ1) is 15.5. The van der Waals surface area contributed by atoms with E-state index in [0.717, 1.165) is 11.4 Å². The Kier molecular flexibility index (Phi) is 7.48. The average molecular weight is 431 g/mol.